The summed E-state index contributed by atoms with van der Waals surface area (Å²) in [6.07, 6.45) is 1.07. The standard InChI is InChI=1S/C14H21N3O2/c1-3-10-9-17(8-7-16(10)2)12-6-4-5-11(13(12)15)14(18)19/h4-6,10H,3,7-9,15H2,1-2H3,(H,18,19). The number of aromatic carboxylic acids is 1. The second-order valence-corrected chi connectivity index (χ2v) is 5.03. The van der Waals surface area contributed by atoms with Crippen LogP contribution in [-0.2, 0) is 0 Å². The predicted molar refractivity (Wildman–Crippen MR) is 76.7 cm³/mol. The number of likely N-dealkylation sites (N-methyl/N-ethyl adjacent to an activating group) is 1. The molecule has 0 radical (unpaired) electrons. The number of carboxylic acid groups (broad SMARTS) is 1. The number of carboxylic acids is 1. The molecule has 2 rings (SSSR count). The van der Waals surface area contributed by atoms with Gasteiger partial charge in [0.1, 0.15) is 0 Å². The topological polar surface area (TPSA) is 69.8 Å². The van der Waals surface area contributed by atoms with E-state index in [9.17, 15) is 4.79 Å². The van der Waals surface area contributed by atoms with Gasteiger partial charge in [0.25, 0.3) is 0 Å². The van der Waals surface area contributed by atoms with Crippen molar-refractivity contribution in [3.63, 3.8) is 0 Å². The lowest BCUT2D eigenvalue weighted by molar-refractivity contribution is 0.0698. The van der Waals surface area contributed by atoms with E-state index in [1.807, 2.05) is 6.07 Å². The van der Waals surface area contributed by atoms with Gasteiger partial charge >= 0.3 is 5.97 Å². The second kappa shape index (κ2) is 5.48. The number of rotatable bonds is 3. The molecule has 0 bridgehead atoms. The third-order valence-electron chi connectivity index (χ3n) is 3.90. The Hall–Kier alpha value is -1.75. The molecule has 1 atom stereocenters. The van der Waals surface area contributed by atoms with Crippen molar-refractivity contribution < 1.29 is 9.90 Å². The highest BCUT2D eigenvalue weighted by Gasteiger charge is 2.25. The van der Waals surface area contributed by atoms with E-state index in [4.69, 9.17) is 10.8 Å². The lowest BCUT2D eigenvalue weighted by Gasteiger charge is -2.40. The zero-order valence-electron chi connectivity index (χ0n) is 11.5. The molecule has 1 aliphatic heterocycles. The van der Waals surface area contributed by atoms with Crippen molar-refractivity contribution >= 4 is 17.3 Å². The fourth-order valence-corrected chi connectivity index (χ4v) is 2.62. The summed E-state index contributed by atoms with van der Waals surface area (Å²) in [6.45, 7) is 4.90. The maximum atomic E-state index is 11.1. The highest BCUT2D eigenvalue weighted by atomic mass is 16.4. The van der Waals surface area contributed by atoms with Gasteiger partial charge in [-0.15, -0.1) is 0 Å². The number of carbonyl (C=O) groups is 1. The van der Waals surface area contributed by atoms with E-state index in [1.54, 1.807) is 12.1 Å². The Kier molecular flexibility index (Phi) is 3.95. The summed E-state index contributed by atoms with van der Waals surface area (Å²) in [6, 6.07) is 5.70. The highest BCUT2D eigenvalue weighted by molar-refractivity contribution is 5.97. The van der Waals surface area contributed by atoms with E-state index in [2.05, 4.69) is 23.8 Å². The van der Waals surface area contributed by atoms with E-state index >= 15 is 0 Å². The lowest BCUT2D eigenvalue weighted by atomic mass is 10.1. The van der Waals surface area contributed by atoms with Gasteiger partial charge in [-0.25, -0.2) is 4.79 Å². The molecule has 1 saturated heterocycles. The van der Waals surface area contributed by atoms with Crippen LogP contribution in [0.2, 0.25) is 0 Å². The minimum Gasteiger partial charge on any atom is -0.478 e. The number of piperazine rings is 1. The largest absolute Gasteiger partial charge is 0.478 e. The second-order valence-electron chi connectivity index (χ2n) is 5.03. The van der Waals surface area contributed by atoms with Gasteiger partial charge in [-0.2, -0.15) is 0 Å². The molecule has 0 aromatic heterocycles. The summed E-state index contributed by atoms with van der Waals surface area (Å²) < 4.78 is 0. The van der Waals surface area contributed by atoms with Gasteiger partial charge in [0.15, 0.2) is 0 Å². The Morgan fingerprint density at radius 2 is 2.21 bits per heavy atom. The van der Waals surface area contributed by atoms with Gasteiger partial charge in [0, 0.05) is 25.7 Å². The van der Waals surface area contributed by atoms with E-state index in [0.29, 0.717) is 11.7 Å². The van der Waals surface area contributed by atoms with Gasteiger partial charge in [0.05, 0.1) is 16.9 Å². The van der Waals surface area contributed by atoms with Crippen molar-refractivity contribution in [2.24, 2.45) is 0 Å². The maximum absolute atomic E-state index is 11.1. The fourth-order valence-electron chi connectivity index (χ4n) is 2.62. The summed E-state index contributed by atoms with van der Waals surface area (Å²) in [5.41, 5.74) is 7.39. The first-order chi connectivity index (χ1) is 9.04. The SMILES string of the molecule is CCC1CN(c2cccc(C(=O)O)c2N)CCN1C. The number of benzene rings is 1. The van der Waals surface area contributed by atoms with Crippen LogP contribution >= 0.6 is 0 Å². The zero-order chi connectivity index (χ0) is 14.0. The Morgan fingerprint density at radius 3 is 2.84 bits per heavy atom. The predicted octanol–water partition coefficient (Wildman–Crippen LogP) is 1.50. The Morgan fingerprint density at radius 1 is 1.47 bits per heavy atom. The van der Waals surface area contributed by atoms with E-state index in [1.165, 1.54) is 0 Å². The molecule has 1 aromatic rings. The van der Waals surface area contributed by atoms with Gasteiger partial charge in [-0.3, -0.25) is 4.90 Å². The number of nitrogen functional groups attached to an aromatic ring is 1. The number of anilines is 2. The average Bonchev–Trinajstić information content (AvgIpc) is 2.39. The molecule has 19 heavy (non-hydrogen) atoms. The summed E-state index contributed by atoms with van der Waals surface area (Å²) >= 11 is 0. The van der Waals surface area contributed by atoms with Gasteiger partial charge in [0.2, 0.25) is 0 Å². The molecule has 0 saturated carbocycles. The van der Waals surface area contributed by atoms with Crippen LogP contribution < -0.4 is 10.6 Å². The van der Waals surface area contributed by atoms with E-state index in [0.717, 1.165) is 31.7 Å². The molecule has 1 aliphatic rings. The summed E-state index contributed by atoms with van der Waals surface area (Å²) in [7, 11) is 2.13. The third-order valence-corrected chi connectivity index (χ3v) is 3.90. The van der Waals surface area contributed by atoms with Crippen molar-refractivity contribution in [2.75, 3.05) is 37.3 Å². The molecule has 5 heteroatoms. The minimum atomic E-state index is -0.972. The number of nitrogens with two attached hydrogens (primary N) is 1. The molecule has 1 heterocycles. The van der Waals surface area contributed by atoms with Crippen LogP contribution in [0.15, 0.2) is 18.2 Å². The van der Waals surface area contributed by atoms with Crippen LogP contribution in [0.4, 0.5) is 11.4 Å². The smallest absolute Gasteiger partial charge is 0.337 e. The van der Waals surface area contributed by atoms with E-state index in [-0.39, 0.29) is 5.56 Å². The van der Waals surface area contributed by atoms with Crippen LogP contribution in [0.5, 0.6) is 0 Å². The van der Waals surface area contributed by atoms with Crippen molar-refractivity contribution in [1.82, 2.24) is 4.90 Å². The quantitative estimate of drug-likeness (QED) is 0.809. The monoisotopic (exact) mass is 263 g/mol. The Balaban J connectivity index is 2.27. The van der Waals surface area contributed by atoms with Crippen molar-refractivity contribution in [3.05, 3.63) is 23.8 Å². The van der Waals surface area contributed by atoms with Crippen molar-refractivity contribution in [2.45, 2.75) is 19.4 Å². The first-order valence-electron chi connectivity index (χ1n) is 6.61. The first-order valence-corrected chi connectivity index (χ1v) is 6.61. The summed E-state index contributed by atoms with van der Waals surface area (Å²) in [4.78, 5) is 15.7. The number of hydrogen-bond donors (Lipinski definition) is 2. The molecular weight excluding hydrogens is 242 g/mol. The van der Waals surface area contributed by atoms with Crippen LogP contribution in [-0.4, -0.2) is 48.7 Å². The number of para-hydroxylation sites is 1. The van der Waals surface area contributed by atoms with Crippen LogP contribution in [0.25, 0.3) is 0 Å². The minimum absolute atomic E-state index is 0.185. The molecule has 5 nitrogen and oxygen atoms in total. The van der Waals surface area contributed by atoms with Gasteiger partial charge < -0.3 is 15.7 Å². The van der Waals surface area contributed by atoms with Crippen LogP contribution in [0, 0.1) is 0 Å². The van der Waals surface area contributed by atoms with Crippen LogP contribution in [0.1, 0.15) is 23.7 Å². The summed E-state index contributed by atoms with van der Waals surface area (Å²) in [5, 5.41) is 9.12. The Bertz CT molecular complexity index is 476. The molecule has 1 unspecified atom stereocenters. The molecule has 0 amide bonds. The zero-order valence-corrected chi connectivity index (χ0v) is 11.5. The first kappa shape index (κ1) is 13.7. The molecule has 1 fully saturated rings. The fraction of sp³-hybridized carbons (Fsp3) is 0.500. The molecular formula is C14H21N3O2. The molecule has 3 N–H and O–H groups in total. The average molecular weight is 263 g/mol. The third kappa shape index (κ3) is 2.66. The highest BCUT2D eigenvalue weighted by Crippen LogP contribution is 2.28. The lowest BCUT2D eigenvalue weighted by Crippen LogP contribution is -2.51. The molecule has 1 aromatic carbocycles. The summed E-state index contributed by atoms with van der Waals surface area (Å²) in [5.74, 6) is -0.972. The van der Waals surface area contributed by atoms with Gasteiger partial charge in [-0.1, -0.05) is 13.0 Å². The number of nitrogens with zero attached hydrogens (tertiary/aromatic N) is 2. The van der Waals surface area contributed by atoms with Crippen molar-refractivity contribution in [1.29, 1.82) is 0 Å². The maximum Gasteiger partial charge on any atom is 0.337 e. The van der Waals surface area contributed by atoms with E-state index < -0.39 is 5.97 Å². The van der Waals surface area contributed by atoms with Crippen LogP contribution in [0.3, 0.4) is 0 Å². The molecule has 0 spiro atoms. The van der Waals surface area contributed by atoms with Gasteiger partial charge in [-0.05, 0) is 25.6 Å². The Labute approximate surface area is 113 Å². The molecule has 0 aliphatic carbocycles. The number of hydrogen-bond acceptors (Lipinski definition) is 4. The molecule has 104 valence electrons. The normalized spacial score (nSPS) is 20.5. The van der Waals surface area contributed by atoms with Crippen molar-refractivity contribution in [3.8, 4) is 0 Å².